The normalized spacial score (nSPS) is 12.8. The van der Waals surface area contributed by atoms with Crippen LogP contribution < -0.4 is 10.1 Å². The number of benzene rings is 1. The largest absolute Gasteiger partial charge is 0.488 e. The lowest BCUT2D eigenvalue weighted by atomic mass is 10.1. The first kappa shape index (κ1) is 15.0. The Morgan fingerprint density at radius 2 is 1.94 bits per heavy atom. The monoisotopic (exact) mass is 251 g/mol. The molecule has 18 heavy (non-hydrogen) atoms. The van der Waals surface area contributed by atoms with Crippen LogP contribution in [0.5, 0.6) is 5.75 Å². The standard InChI is InChI=1S/C15H25NO2/c1-11(2)16-9-14-8-6-7-12(3)15(14)18-13(4)10-17-5/h6-8,11,13,16H,9-10H2,1-5H3. The van der Waals surface area contributed by atoms with Gasteiger partial charge in [0.1, 0.15) is 11.9 Å². The van der Waals surface area contributed by atoms with Crippen molar-refractivity contribution in [3.8, 4) is 5.75 Å². The van der Waals surface area contributed by atoms with Gasteiger partial charge < -0.3 is 14.8 Å². The van der Waals surface area contributed by atoms with E-state index in [0.717, 1.165) is 12.3 Å². The lowest BCUT2D eigenvalue weighted by Crippen LogP contribution is -2.24. The van der Waals surface area contributed by atoms with E-state index in [0.29, 0.717) is 12.6 Å². The molecule has 1 unspecified atom stereocenters. The predicted molar refractivity (Wildman–Crippen MR) is 75.1 cm³/mol. The van der Waals surface area contributed by atoms with Crippen molar-refractivity contribution in [1.82, 2.24) is 5.32 Å². The highest BCUT2D eigenvalue weighted by Crippen LogP contribution is 2.24. The molecule has 3 heteroatoms. The second-order valence-corrected chi connectivity index (χ2v) is 4.98. The Bertz CT molecular complexity index is 364. The molecule has 0 aliphatic rings. The predicted octanol–water partition coefficient (Wildman–Crippen LogP) is 2.91. The highest BCUT2D eigenvalue weighted by atomic mass is 16.5. The number of ether oxygens (including phenoxy) is 2. The summed E-state index contributed by atoms with van der Waals surface area (Å²) in [4.78, 5) is 0. The van der Waals surface area contributed by atoms with Crippen molar-refractivity contribution >= 4 is 0 Å². The zero-order chi connectivity index (χ0) is 13.5. The van der Waals surface area contributed by atoms with Crippen molar-refractivity contribution in [1.29, 1.82) is 0 Å². The molecule has 0 bridgehead atoms. The number of hydrogen-bond acceptors (Lipinski definition) is 3. The van der Waals surface area contributed by atoms with Crippen LogP contribution in [0.1, 0.15) is 31.9 Å². The summed E-state index contributed by atoms with van der Waals surface area (Å²) in [7, 11) is 1.69. The second-order valence-electron chi connectivity index (χ2n) is 4.98. The summed E-state index contributed by atoms with van der Waals surface area (Å²) in [5, 5.41) is 3.42. The van der Waals surface area contributed by atoms with E-state index in [9.17, 15) is 0 Å². The van der Waals surface area contributed by atoms with Gasteiger partial charge in [-0.15, -0.1) is 0 Å². The van der Waals surface area contributed by atoms with Gasteiger partial charge in [-0.05, 0) is 19.4 Å². The summed E-state index contributed by atoms with van der Waals surface area (Å²) in [5.41, 5.74) is 2.37. The topological polar surface area (TPSA) is 30.5 Å². The van der Waals surface area contributed by atoms with E-state index in [1.807, 2.05) is 6.92 Å². The smallest absolute Gasteiger partial charge is 0.127 e. The third kappa shape index (κ3) is 4.67. The minimum Gasteiger partial charge on any atom is -0.488 e. The van der Waals surface area contributed by atoms with Crippen molar-refractivity contribution in [3.05, 3.63) is 29.3 Å². The van der Waals surface area contributed by atoms with Crippen molar-refractivity contribution in [2.75, 3.05) is 13.7 Å². The molecule has 0 amide bonds. The average molecular weight is 251 g/mol. The number of hydrogen-bond donors (Lipinski definition) is 1. The summed E-state index contributed by atoms with van der Waals surface area (Å²) in [6.07, 6.45) is 0.0638. The van der Waals surface area contributed by atoms with Gasteiger partial charge in [0.05, 0.1) is 6.61 Å². The third-order valence-electron chi connectivity index (χ3n) is 2.71. The maximum Gasteiger partial charge on any atom is 0.127 e. The van der Waals surface area contributed by atoms with E-state index in [-0.39, 0.29) is 6.10 Å². The molecule has 1 atom stereocenters. The third-order valence-corrected chi connectivity index (χ3v) is 2.71. The number of methoxy groups -OCH3 is 1. The first-order valence-electron chi connectivity index (χ1n) is 6.52. The molecule has 0 spiro atoms. The Kier molecular flexibility index (Phi) is 6.16. The molecule has 0 saturated heterocycles. The van der Waals surface area contributed by atoms with Gasteiger partial charge >= 0.3 is 0 Å². The Hall–Kier alpha value is -1.06. The van der Waals surface area contributed by atoms with Crippen molar-refractivity contribution in [3.63, 3.8) is 0 Å². The lowest BCUT2D eigenvalue weighted by molar-refractivity contribution is 0.0908. The Morgan fingerprint density at radius 1 is 1.22 bits per heavy atom. The van der Waals surface area contributed by atoms with E-state index in [1.54, 1.807) is 7.11 Å². The first-order chi connectivity index (χ1) is 8.54. The molecule has 0 fully saturated rings. The fraction of sp³-hybridized carbons (Fsp3) is 0.600. The minimum atomic E-state index is 0.0638. The summed E-state index contributed by atoms with van der Waals surface area (Å²) in [6.45, 7) is 9.82. The van der Waals surface area contributed by atoms with Crippen LogP contribution in [0.3, 0.4) is 0 Å². The van der Waals surface area contributed by atoms with Gasteiger partial charge in [0.25, 0.3) is 0 Å². The molecule has 0 radical (unpaired) electrons. The summed E-state index contributed by atoms with van der Waals surface area (Å²) < 4.78 is 11.1. The van der Waals surface area contributed by atoms with Gasteiger partial charge in [-0.1, -0.05) is 32.0 Å². The van der Waals surface area contributed by atoms with Gasteiger partial charge in [0.2, 0.25) is 0 Å². The number of nitrogens with one attached hydrogen (secondary N) is 1. The average Bonchev–Trinajstić information content (AvgIpc) is 2.30. The quantitative estimate of drug-likeness (QED) is 0.808. The molecule has 102 valence electrons. The zero-order valence-corrected chi connectivity index (χ0v) is 12.1. The maximum absolute atomic E-state index is 5.98. The van der Waals surface area contributed by atoms with Crippen LogP contribution in [0.4, 0.5) is 0 Å². The van der Waals surface area contributed by atoms with Crippen molar-refractivity contribution < 1.29 is 9.47 Å². The SMILES string of the molecule is COCC(C)Oc1c(C)cccc1CNC(C)C. The van der Waals surface area contributed by atoms with Gasteiger partial charge in [-0.2, -0.15) is 0 Å². The van der Waals surface area contributed by atoms with Crippen molar-refractivity contribution in [2.45, 2.75) is 46.4 Å². The van der Waals surface area contributed by atoms with Crippen LogP contribution in [-0.2, 0) is 11.3 Å². The van der Waals surface area contributed by atoms with Crippen LogP contribution in [0.2, 0.25) is 0 Å². The molecule has 1 aromatic rings. The highest BCUT2D eigenvalue weighted by molar-refractivity contribution is 5.40. The number of rotatable bonds is 7. The molecular weight excluding hydrogens is 226 g/mol. The molecule has 1 N–H and O–H groups in total. The van der Waals surface area contributed by atoms with Crippen LogP contribution >= 0.6 is 0 Å². The molecule has 0 aliphatic carbocycles. The molecule has 3 nitrogen and oxygen atoms in total. The minimum absolute atomic E-state index is 0.0638. The van der Waals surface area contributed by atoms with Gasteiger partial charge in [-0.3, -0.25) is 0 Å². The van der Waals surface area contributed by atoms with E-state index >= 15 is 0 Å². The van der Waals surface area contributed by atoms with Crippen molar-refractivity contribution in [2.24, 2.45) is 0 Å². The zero-order valence-electron chi connectivity index (χ0n) is 12.1. The molecule has 1 aromatic carbocycles. The van der Waals surface area contributed by atoms with Crippen LogP contribution in [0, 0.1) is 6.92 Å². The van der Waals surface area contributed by atoms with Gasteiger partial charge in [0, 0.05) is 25.3 Å². The second kappa shape index (κ2) is 7.39. The number of aryl methyl sites for hydroxylation is 1. The van der Waals surface area contributed by atoms with Gasteiger partial charge in [0.15, 0.2) is 0 Å². The fourth-order valence-corrected chi connectivity index (χ4v) is 1.81. The number of para-hydroxylation sites is 1. The van der Waals surface area contributed by atoms with E-state index in [4.69, 9.17) is 9.47 Å². The summed E-state index contributed by atoms with van der Waals surface area (Å²) >= 11 is 0. The fourth-order valence-electron chi connectivity index (χ4n) is 1.81. The molecular formula is C15H25NO2. The molecule has 0 heterocycles. The van der Waals surface area contributed by atoms with E-state index in [2.05, 4.69) is 44.3 Å². The lowest BCUT2D eigenvalue weighted by Gasteiger charge is -2.19. The Balaban J connectivity index is 2.79. The van der Waals surface area contributed by atoms with Gasteiger partial charge in [-0.25, -0.2) is 0 Å². The van der Waals surface area contributed by atoms with Crippen LogP contribution in [-0.4, -0.2) is 25.9 Å². The summed E-state index contributed by atoms with van der Waals surface area (Å²) in [5.74, 6) is 0.982. The molecule has 1 rings (SSSR count). The highest BCUT2D eigenvalue weighted by Gasteiger charge is 2.11. The van der Waals surface area contributed by atoms with E-state index < -0.39 is 0 Å². The molecule has 0 saturated carbocycles. The van der Waals surface area contributed by atoms with Crippen LogP contribution in [0.15, 0.2) is 18.2 Å². The van der Waals surface area contributed by atoms with Crippen LogP contribution in [0.25, 0.3) is 0 Å². The first-order valence-corrected chi connectivity index (χ1v) is 6.52. The Labute approximate surface area is 110 Å². The molecule has 0 aliphatic heterocycles. The maximum atomic E-state index is 5.98. The summed E-state index contributed by atoms with van der Waals surface area (Å²) in [6, 6.07) is 6.72. The molecule has 0 aromatic heterocycles. The van der Waals surface area contributed by atoms with E-state index in [1.165, 1.54) is 11.1 Å². The Morgan fingerprint density at radius 3 is 2.56 bits per heavy atom.